The Morgan fingerprint density at radius 2 is 2.15 bits per heavy atom. The summed E-state index contributed by atoms with van der Waals surface area (Å²) in [5.41, 5.74) is 3.04. The summed E-state index contributed by atoms with van der Waals surface area (Å²) in [4.78, 5) is 16.4. The fourth-order valence-electron chi connectivity index (χ4n) is 2.80. The fourth-order valence-corrected chi connectivity index (χ4v) is 2.80. The Morgan fingerprint density at radius 3 is 2.70 bits per heavy atom. The molecule has 2 heterocycles. The maximum atomic E-state index is 12.7. The molecule has 0 bridgehead atoms. The van der Waals surface area contributed by atoms with E-state index in [1.807, 2.05) is 37.5 Å². The molecule has 0 unspecified atom stereocenters. The molecule has 0 aliphatic carbocycles. The highest BCUT2D eigenvalue weighted by atomic mass is 16.5. The van der Waals surface area contributed by atoms with Gasteiger partial charge in [0.05, 0.1) is 24.9 Å². The van der Waals surface area contributed by atoms with Gasteiger partial charge < -0.3 is 14.5 Å². The first kappa shape index (κ1) is 14.8. The molecule has 112 valence electrons. The fraction of sp³-hybridized carbons (Fsp3) is 0.714. The van der Waals surface area contributed by atoms with Gasteiger partial charge in [0.15, 0.2) is 0 Å². The van der Waals surface area contributed by atoms with E-state index in [-0.39, 0.29) is 12.1 Å². The topological polar surface area (TPSA) is 61.5 Å². The number of hydrogen-bond acceptors (Lipinski definition) is 3. The summed E-state index contributed by atoms with van der Waals surface area (Å²) in [6.45, 7) is 11.2. The number of nitrogens with one attached hydrogen (secondary N) is 1. The van der Waals surface area contributed by atoms with Crippen LogP contribution in [0.2, 0.25) is 0 Å². The van der Waals surface area contributed by atoms with Crippen LogP contribution < -0.4 is 0 Å². The Hall–Kier alpha value is -1.56. The van der Waals surface area contributed by atoms with Gasteiger partial charge in [0.25, 0.3) is 0 Å². The highest BCUT2D eigenvalue weighted by Gasteiger charge is 2.33. The van der Waals surface area contributed by atoms with Gasteiger partial charge in [0.2, 0.25) is 0 Å². The van der Waals surface area contributed by atoms with Crippen LogP contribution in [0.4, 0.5) is 4.79 Å². The van der Waals surface area contributed by atoms with Crippen LogP contribution in [0, 0.1) is 13.8 Å². The number of morpholine rings is 1. The van der Waals surface area contributed by atoms with Crippen LogP contribution in [-0.4, -0.2) is 58.9 Å². The van der Waals surface area contributed by atoms with Gasteiger partial charge in [0.1, 0.15) is 0 Å². The Bertz CT molecular complexity index is 448. The predicted octanol–water partition coefficient (Wildman–Crippen LogP) is 1.86. The predicted molar refractivity (Wildman–Crippen MR) is 76.6 cm³/mol. The minimum Gasteiger partial charge on any atom is -0.377 e. The van der Waals surface area contributed by atoms with E-state index < -0.39 is 0 Å². The van der Waals surface area contributed by atoms with Crippen molar-refractivity contribution in [3.8, 4) is 0 Å². The third-order valence-corrected chi connectivity index (χ3v) is 3.93. The number of aromatic amines is 1. The van der Waals surface area contributed by atoms with Gasteiger partial charge in [-0.25, -0.2) is 4.79 Å². The van der Waals surface area contributed by atoms with Crippen LogP contribution in [0.25, 0.3) is 0 Å². The van der Waals surface area contributed by atoms with Crippen LogP contribution in [0.1, 0.15) is 36.8 Å². The lowest BCUT2D eigenvalue weighted by Crippen LogP contribution is -2.49. The van der Waals surface area contributed by atoms with Gasteiger partial charge in [-0.05, 0) is 27.7 Å². The minimum absolute atomic E-state index is 0.0457. The van der Waals surface area contributed by atoms with Gasteiger partial charge in [-0.1, -0.05) is 0 Å². The summed E-state index contributed by atoms with van der Waals surface area (Å²) in [6.07, 6.45) is 0. The van der Waals surface area contributed by atoms with E-state index in [0.717, 1.165) is 30.0 Å². The highest BCUT2D eigenvalue weighted by Crippen LogP contribution is 2.29. The van der Waals surface area contributed by atoms with Crippen molar-refractivity contribution in [1.29, 1.82) is 0 Å². The summed E-state index contributed by atoms with van der Waals surface area (Å²) < 4.78 is 5.59. The molecule has 1 N–H and O–H groups in total. The first-order chi connectivity index (χ1) is 9.60. The number of hydrogen-bond donors (Lipinski definition) is 1. The van der Waals surface area contributed by atoms with E-state index in [1.165, 1.54) is 0 Å². The molecule has 1 atom stereocenters. The Balaban J connectivity index is 2.28. The molecule has 1 aromatic rings. The third kappa shape index (κ3) is 2.65. The van der Waals surface area contributed by atoms with Crippen molar-refractivity contribution in [3.05, 3.63) is 17.0 Å². The van der Waals surface area contributed by atoms with Gasteiger partial charge >= 0.3 is 6.03 Å². The molecule has 6 nitrogen and oxygen atoms in total. The zero-order valence-corrected chi connectivity index (χ0v) is 12.8. The molecule has 2 amide bonds. The monoisotopic (exact) mass is 280 g/mol. The molecule has 2 rings (SSSR count). The maximum absolute atomic E-state index is 12.7. The molecule has 20 heavy (non-hydrogen) atoms. The number of amides is 2. The Labute approximate surface area is 120 Å². The molecule has 1 fully saturated rings. The number of urea groups is 1. The van der Waals surface area contributed by atoms with Crippen LogP contribution in [0.5, 0.6) is 0 Å². The van der Waals surface area contributed by atoms with Gasteiger partial charge in [0, 0.05) is 30.9 Å². The van der Waals surface area contributed by atoms with Crippen molar-refractivity contribution in [2.24, 2.45) is 0 Å². The highest BCUT2D eigenvalue weighted by molar-refractivity contribution is 5.75. The number of nitrogens with zero attached hydrogens (tertiary/aromatic N) is 3. The number of aromatic nitrogens is 2. The van der Waals surface area contributed by atoms with Gasteiger partial charge in [-0.2, -0.15) is 5.10 Å². The summed E-state index contributed by atoms with van der Waals surface area (Å²) in [5, 5.41) is 7.23. The van der Waals surface area contributed by atoms with E-state index in [9.17, 15) is 4.79 Å². The number of aryl methyl sites for hydroxylation is 2. The number of H-pyrrole nitrogens is 1. The largest absolute Gasteiger partial charge is 0.377 e. The Kier molecular flexibility index (Phi) is 4.65. The summed E-state index contributed by atoms with van der Waals surface area (Å²) in [5.74, 6) is 0. The Morgan fingerprint density at radius 1 is 1.45 bits per heavy atom. The van der Waals surface area contributed by atoms with Crippen molar-refractivity contribution in [2.75, 3.05) is 32.8 Å². The van der Waals surface area contributed by atoms with Crippen LogP contribution in [0.3, 0.4) is 0 Å². The van der Waals surface area contributed by atoms with Crippen molar-refractivity contribution < 1.29 is 9.53 Å². The third-order valence-electron chi connectivity index (χ3n) is 3.93. The van der Waals surface area contributed by atoms with Gasteiger partial charge in [-0.15, -0.1) is 0 Å². The lowest BCUT2D eigenvalue weighted by Gasteiger charge is -2.38. The minimum atomic E-state index is -0.0457. The van der Waals surface area contributed by atoms with E-state index >= 15 is 0 Å². The van der Waals surface area contributed by atoms with Gasteiger partial charge in [-0.3, -0.25) is 5.10 Å². The SMILES string of the molecule is CCN(CC)C(=O)N1CCOC[C@@H]1c1c(C)n[nH]c1C. The van der Waals surface area contributed by atoms with Crippen molar-refractivity contribution in [3.63, 3.8) is 0 Å². The molecule has 0 saturated carbocycles. The quantitative estimate of drug-likeness (QED) is 0.919. The lowest BCUT2D eigenvalue weighted by atomic mass is 10.0. The molecule has 1 saturated heterocycles. The first-order valence-electron chi connectivity index (χ1n) is 7.24. The van der Waals surface area contributed by atoms with Crippen LogP contribution in [0.15, 0.2) is 0 Å². The molecule has 1 aliphatic heterocycles. The van der Waals surface area contributed by atoms with Crippen LogP contribution >= 0.6 is 0 Å². The smallest absolute Gasteiger partial charge is 0.320 e. The standard InChI is InChI=1S/C14H24N4O2/c1-5-17(6-2)14(19)18-7-8-20-9-12(18)13-10(3)15-16-11(13)4/h12H,5-9H2,1-4H3,(H,15,16)/t12-/m1/s1. The van der Waals surface area contributed by atoms with E-state index in [4.69, 9.17) is 4.74 Å². The molecule has 0 spiro atoms. The van der Waals surface area contributed by atoms with E-state index in [1.54, 1.807) is 0 Å². The van der Waals surface area contributed by atoms with Crippen molar-refractivity contribution >= 4 is 6.03 Å². The normalized spacial score (nSPS) is 19.2. The molecule has 1 aromatic heterocycles. The number of rotatable bonds is 3. The molecule has 0 radical (unpaired) electrons. The van der Waals surface area contributed by atoms with E-state index in [2.05, 4.69) is 10.2 Å². The molecule has 1 aliphatic rings. The summed E-state index contributed by atoms with van der Waals surface area (Å²) >= 11 is 0. The average molecular weight is 280 g/mol. The summed E-state index contributed by atoms with van der Waals surface area (Å²) in [7, 11) is 0. The molecular weight excluding hydrogens is 256 g/mol. The van der Waals surface area contributed by atoms with Crippen molar-refractivity contribution in [1.82, 2.24) is 20.0 Å². The summed E-state index contributed by atoms with van der Waals surface area (Å²) in [6, 6.07) is 0.0406. The average Bonchev–Trinajstić information content (AvgIpc) is 2.79. The molecular formula is C14H24N4O2. The number of carbonyl (C=O) groups excluding carboxylic acids is 1. The lowest BCUT2D eigenvalue weighted by molar-refractivity contribution is 0.00334. The van der Waals surface area contributed by atoms with Crippen molar-refractivity contribution in [2.45, 2.75) is 33.7 Å². The van der Waals surface area contributed by atoms with Crippen LogP contribution in [-0.2, 0) is 4.74 Å². The number of carbonyl (C=O) groups is 1. The first-order valence-corrected chi connectivity index (χ1v) is 7.24. The molecule has 6 heteroatoms. The zero-order valence-electron chi connectivity index (χ0n) is 12.8. The number of ether oxygens (including phenoxy) is 1. The second-order valence-electron chi connectivity index (χ2n) is 5.09. The second kappa shape index (κ2) is 6.26. The second-order valence-corrected chi connectivity index (χ2v) is 5.09. The molecule has 0 aromatic carbocycles. The van der Waals surface area contributed by atoms with E-state index in [0.29, 0.717) is 19.8 Å². The maximum Gasteiger partial charge on any atom is 0.320 e. The zero-order chi connectivity index (χ0) is 14.7.